The molecule has 0 aliphatic rings. The summed E-state index contributed by atoms with van der Waals surface area (Å²) in [6, 6.07) is 3.59. The molecule has 0 radical (unpaired) electrons. The first-order valence-corrected chi connectivity index (χ1v) is 6.55. The molecule has 0 aliphatic heterocycles. The zero-order valence-corrected chi connectivity index (χ0v) is 11.0. The van der Waals surface area contributed by atoms with E-state index in [2.05, 4.69) is 0 Å². The van der Waals surface area contributed by atoms with E-state index in [0.717, 1.165) is 6.42 Å². The minimum atomic E-state index is -0.356. The second kappa shape index (κ2) is 7.06. The van der Waals surface area contributed by atoms with Gasteiger partial charge in [0.25, 0.3) is 5.91 Å². The van der Waals surface area contributed by atoms with Gasteiger partial charge >= 0.3 is 5.97 Å². The molecule has 1 aromatic heterocycles. The average Bonchev–Trinajstić information content (AvgIpc) is 2.81. The van der Waals surface area contributed by atoms with Gasteiger partial charge in [0.15, 0.2) is 0 Å². The van der Waals surface area contributed by atoms with Gasteiger partial charge in [-0.25, -0.2) is 0 Å². The summed E-state index contributed by atoms with van der Waals surface area (Å²) in [5, 5.41) is 1.85. The molecule has 0 bridgehead atoms. The van der Waals surface area contributed by atoms with Crippen LogP contribution < -0.4 is 0 Å². The van der Waals surface area contributed by atoms with Gasteiger partial charge in [0.2, 0.25) is 0 Å². The number of hydrogen-bond donors (Lipinski definition) is 0. The quantitative estimate of drug-likeness (QED) is 0.732. The summed E-state index contributed by atoms with van der Waals surface area (Å²) in [6.07, 6.45) is 0.816. The average molecular weight is 255 g/mol. The highest BCUT2D eigenvalue weighted by Gasteiger charge is 2.19. The summed E-state index contributed by atoms with van der Waals surface area (Å²) in [6.45, 7) is 4.66. The summed E-state index contributed by atoms with van der Waals surface area (Å²) in [7, 11) is 0. The molecule has 4 nitrogen and oxygen atoms in total. The Morgan fingerprint density at radius 3 is 2.71 bits per heavy atom. The molecule has 94 valence electrons. The van der Waals surface area contributed by atoms with Crippen LogP contribution in [0.4, 0.5) is 0 Å². The smallest absolute Gasteiger partial charge is 0.325 e. The van der Waals surface area contributed by atoms with Gasteiger partial charge in [0, 0.05) is 6.54 Å². The third kappa shape index (κ3) is 4.19. The van der Waals surface area contributed by atoms with E-state index >= 15 is 0 Å². The number of nitrogens with zero attached hydrogens (tertiary/aromatic N) is 1. The molecule has 0 N–H and O–H groups in total. The number of amides is 1. The first kappa shape index (κ1) is 13.7. The minimum Gasteiger partial charge on any atom is -0.465 e. The molecule has 0 spiro atoms. The van der Waals surface area contributed by atoms with E-state index in [1.807, 2.05) is 18.4 Å². The minimum absolute atomic E-state index is 0.0262. The lowest BCUT2D eigenvalue weighted by Crippen LogP contribution is -2.36. The Balaban J connectivity index is 2.65. The molecule has 0 saturated heterocycles. The van der Waals surface area contributed by atoms with Crippen molar-refractivity contribution in [2.45, 2.75) is 20.3 Å². The molecule has 0 atom stereocenters. The Morgan fingerprint density at radius 1 is 1.41 bits per heavy atom. The van der Waals surface area contributed by atoms with Crippen molar-refractivity contribution in [1.29, 1.82) is 0 Å². The number of carbonyl (C=O) groups is 2. The van der Waals surface area contributed by atoms with Crippen LogP contribution in [0.3, 0.4) is 0 Å². The standard InChI is InChI=1S/C12H17NO3S/c1-3-7-13(9-11(14)16-4-2)12(15)10-6-5-8-17-10/h5-6,8H,3-4,7,9H2,1-2H3. The van der Waals surface area contributed by atoms with Crippen molar-refractivity contribution in [2.24, 2.45) is 0 Å². The molecule has 0 aromatic carbocycles. The van der Waals surface area contributed by atoms with E-state index in [9.17, 15) is 9.59 Å². The topological polar surface area (TPSA) is 46.6 Å². The fraction of sp³-hybridized carbons (Fsp3) is 0.500. The lowest BCUT2D eigenvalue weighted by atomic mass is 10.3. The van der Waals surface area contributed by atoms with Crippen molar-refractivity contribution in [3.8, 4) is 0 Å². The fourth-order valence-corrected chi connectivity index (χ4v) is 2.13. The van der Waals surface area contributed by atoms with Crippen LogP contribution in [-0.4, -0.2) is 36.5 Å². The fourth-order valence-electron chi connectivity index (χ4n) is 1.44. The molecule has 17 heavy (non-hydrogen) atoms. The van der Waals surface area contributed by atoms with Crippen LogP contribution >= 0.6 is 11.3 Å². The van der Waals surface area contributed by atoms with Crippen molar-refractivity contribution in [2.75, 3.05) is 19.7 Å². The Morgan fingerprint density at radius 2 is 2.18 bits per heavy atom. The van der Waals surface area contributed by atoms with Gasteiger partial charge in [0.1, 0.15) is 6.54 Å². The van der Waals surface area contributed by atoms with E-state index in [1.165, 1.54) is 16.2 Å². The van der Waals surface area contributed by atoms with Gasteiger partial charge in [-0.3, -0.25) is 9.59 Å². The summed E-state index contributed by atoms with van der Waals surface area (Å²) in [4.78, 5) is 25.6. The van der Waals surface area contributed by atoms with E-state index in [-0.39, 0.29) is 18.4 Å². The van der Waals surface area contributed by atoms with E-state index in [0.29, 0.717) is 18.0 Å². The molecule has 1 aromatic rings. The van der Waals surface area contributed by atoms with Crippen LogP contribution in [0, 0.1) is 0 Å². The maximum Gasteiger partial charge on any atom is 0.325 e. The Kier molecular flexibility index (Phi) is 5.69. The molecule has 0 fully saturated rings. The third-order valence-electron chi connectivity index (χ3n) is 2.14. The van der Waals surface area contributed by atoms with E-state index in [4.69, 9.17) is 4.74 Å². The molecular weight excluding hydrogens is 238 g/mol. The number of hydrogen-bond acceptors (Lipinski definition) is 4. The molecule has 1 heterocycles. The van der Waals surface area contributed by atoms with E-state index in [1.54, 1.807) is 13.0 Å². The summed E-state index contributed by atoms with van der Waals surface area (Å²) >= 11 is 1.38. The van der Waals surface area contributed by atoms with Crippen molar-refractivity contribution in [3.05, 3.63) is 22.4 Å². The number of thiophene rings is 1. The summed E-state index contributed by atoms with van der Waals surface area (Å²) in [5.41, 5.74) is 0. The lowest BCUT2D eigenvalue weighted by Gasteiger charge is -2.20. The molecule has 5 heteroatoms. The highest BCUT2D eigenvalue weighted by Crippen LogP contribution is 2.12. The maximum absolute atomic E-state index is 12.1. The second-order valence-electron chi connectivity index (χ2n) is 3.51. The van der Waals surface area contributed by atoms with Gasteiger partial charge in [-0.05, 0) is 24.8 Å². The predicted molar refractivity (Wildman–Crippen MR) is 67.1 cm³/mol. The normalized spacial score (nSPS) is 10.0. The van der Waals surface area contributed by atoms with Crippen LogP contribution in [0.5, 0.6) is 0 Å². The van der Waals surface area contributed by atoms with Crippen LogP contribution in [0.25, 0.3) is 0 Å². The molecule has 1 amide bonds. The molecule has 0 unspecified atom stereocenters. The molecule has 1 rings (SSSR count). The highest BCUT2D eigenvalue weighted by atomic mass is 32.1. The van der Waals surface area contributed by atoms with Gasteiger partial charge in [-0.1, -0.05) is 13.0 Å². The molecule has 0 saturated carbocycles. The van der Waals surface area contributed by atoms with Gasteiger partial charge in [-0.15, -0.1) is 11.3 Å². The summed E-state index contributed by atoms with van der Waals surface area (Å²) in [5.74, 6) is -0.458. The van der Waals surface area contributed by atoms with Crippen LogP contribution in [0.15, 0.2) is 17.5 Å². The van der Waals surface area contributed by atoms with Crippen LogP contribution in [-0.2, 0) is 9.53 Å². The Labute approximate surface area is 105 Å². The zero-order chi connectivity index (χ0) is 12.7. The predicted octanol–water partition coefficient (Wildman–Crippen LogP) is 2.16. The molecular formula is C12H17NO3S. The molecule has 0 aliphatic carbocycles. The first-order chi connectivity index (χ1) is 8.19. The van der Waals surface area contributed by atoms with Crippen molar-refractivity contribution in [1.82, 2.24) is 4.90 Å². The number of esters is 1. The van der Waals surface area contributed by atoms with Crippen LogP contribution in [0.1, 0.15) is 29.9 Å². The largest absolute Gasteiger partial charge is 0.465 e. The van der Waals surface area contributed by atoms with Crippen molar-refractivity contribution in [3.63, 3.8) is 0 Å². The highest BCUT2D eigenvalue weighted by molar-refractivity contribution is 7.12. The maximum atomic E-state index is 12.1. The van der Waals surface area contributed by atoms with Crippen LogP contribution in [0.2, 0.25) is 0 Å². The number of carbonyl (C=O) groups excluding carboxylic acids is 2. The van der Waals surface area contributed by atoms with Crippen molar-refractivity contribution < 1.29 is 14.3 Å². The number of ether oxygens (including phenoxy) is 1. The summed E-state index contributed by atoms with van der Waals surface area (Å²) < 4.78 is 4.86. The lowest BCUT2D eigenvalue weighted by molar-refractivity contribution is -0.143. The SMILES string of the molecule is CCCN(CC(=O)OCC)C(=O)c1cccs1. The second-order valence-corrected chi connectivity index (χ2v) is 4.46. The van der Waals surface area contributed by atoms with Crippen molar-refractivity contribution >= 4 is 23.2 Å². The first-order valence-electron chi connectivity index (χ1n) is 5.67. The van der Waals surface area contributed by atoms with E-state index < -0.39 is 0 Å². The number of rotatable bonds is 6. The third-order valence-corrected chi connectivity index (χ3v) is 3.00. The monoisotopic (exact) mass is 255 g/mol. The zero-order valence-electron chi connectivity index (χ0n) is 10.1. The van der Waals surface area contributed by atoms with Gasteiger partial charge in [-0.2, -0.15) is 0 Å². The van der Waals surface area contributed by atoms with Gasteiger partial charge in [0.05, 0.1) is 11.5 Å². The Hall–Kier alpha value is -1.36. The van der Waals surface area contributed by atoms with Gasteiger partial charge < -0.3 is 9.64 Å². The Bertz CT molecular complexity index is 362.